The summed E-state index contributed by atoms with van der Waals surface area (Å²) in [6, 6.07) is 0. The van der Waals surface area contributed by atoms with Crippen LogP contribution in [-0.4, -0.2) is 40.3 Å². The molecular weight excluding hydrogens is 332 g/mol. The van der Waals surface area contributed by atoms with E-state index >= 15 is 0 Å². The molecule has 26 heavy (non-hydrogen) atoms. The molecule has 3 N–H and O–H groups in total. The van der Waals surface area contributed by atoms with Gasteiger partial charge in [0.25, 0.3) is 0 Å². The second-order valence-corrected chi connectivity index (χ2v) is 7.34. The van der Waals surface area contributed by atoms with Gasteiger partial charge < -0.3 is 20.1 Å². The minimum Gasteiger partial charge on any atom is -0.436 e. The average molecular weight is 375 g/mol. The Hall–Kier alpha value is -0.650. The molecule has 0 saturated heterocycles. The molecule has 0 saturated carbocycles. The molecule has 0 bridgehead atoms. The fourth-order valence-electron chi connectivity index (χ4n) is 3.05. The van der Waals surface area contributed by atoms with Crippen LogP contribution in [0.3, 0.4) is 0 Å². The van der Waals surface area contributed by atoms with Gasteiger partial charge in [-0.3, -0.25) is 4.79 Å². The maximum absolute atomic E-state index is 11.6. The molecule has 0 amide bonds. The van der Waals surface area contributed by atoms with Gasteiger partial charge in [0, 0.05) is 19.4 Å². The van der Waals surface area contributed by atoms with E-state index in [1.807, 2.05) is 0 Å². The molecule has 0 aromatic carbocycles. The summed E-state index contributed by atoms with van der Waals surface area (Å²) in [5.41, 5.74) is 0. The van der Waals surface area contributed by atoms with Crippen LogP contribution in [0.15, 0.2) is 0 Å². The highest BCUT2D eigenvalue weighted by atomic mass is 16.6. The maximum Gasteiger partial charge on any atom is 0.308 e. The van der Waals surface area contributed by atoms with Crippen LogP contribution in [0.25, 0.3) is 0 Å². The zero-order valence-electron chi connectivity index (χ0n) is 16.8. The van der Waals surface area contributed by atoms with Crippen molar-refractivity contribution in [1.82, 2.24) is 0 Å². The molecule has 2 atom stereocenters. The van der Waals surface area contributed by atoms with E-state index in [1.54, 1.807) is 0 Å². The third kappa shape index (κ3) is 18.2. The predicted octanol–water partition coefficient (Wildman–Crippen LogP) is 4.46. The van der Waals surface area contributed by atoms with E-state index in [1.165, 1.54) is 64.2 Å². The number of esters is 1. The lowest BCUT2D eigenvalue weighted by molar-refractivity contribution is -0.172. The first-order valence-corrected chi connectivity index (χ1v) is 10.8. The lowest BCUT2D eigenvalue weighted by Gasteiger charge is -2.15. The van der Waals surface area contributed by atoms with E-state index in [2.05, 4.69) is 6.92 Å². The highest BCUT2D eigenvalue weighted by Crippen LogP contribution is 2.13. The monoisotopic (exact) mass is 374 g/mol. The van der Waals surface area contributed by atoms with Crippen LogP contribution in [-0.2, 0) is 9.53 Å². The normalized spacial score (nSPS) is 13.5. The third-order valence-electron chi connectivity index (χ3n) is 4.69. The molecule has 0 aromatic rings. The second kappa shape index (κ2) is 19.1. The number of aliphatic hydroxyl groups excluding tert-OH is 3. The number of hydrogen-bond donors (Lipinski definition) is 3. The molecule has 0 rings (SSSR count). The van der Waals surface area contributed by atoms with Crippen molar-refractivity contribution < 1.29 is 24.9 Å². The minimum absolute atomic E-state index is 0.0507. The van der Waals surface area contributed by atoms with Gasteiger partial charge in [-0.25, -0.2) is 0 Å². The number of aliphatic hydroxyl groups is 3. The summed E-state index contributed by atoms with van der Waals surface area (Å²) in [6.45, 7) is 2.10. The first-order chi connectivity index (χ1) is 12.6. The lowest BCUT2D eigenvalue weighted by atomic mass is 10.0. The Bertz CT molecular complexity index is 309. The van der Waals surface area contributed by atoms with Crippen molar-refractivity contribution in [3.05, 3.63) is 0 Å². The van der Waals surface area contributed by atoms with Gasteiger partial charge in [-0.15, -0.1) is 0 Å². The molecule has 0 aliphatic rings. The molecule has 0 spiro atoms. The van der Waals surface area contributed by atoms with Gasteiger partial charge in [-0.2, -0.15) is 0 Å². The van der Waals surface area contributed by atoms with Gasteiger partial charge in [-0.05, 0) is 12.8 Å². The third-order valence-corrected chi connectivity index (χ3v) is 4.69. The maximum atomic E-state index is 11.6. The lowest BCUT2D eigenvalue weighted by Crippen LogP contribution is -2.24. The summed E-state index contributed by atoms with van der Waals surface area (Å²) < 4.78 is 4.85. The molecule has 0 aromatic heterocycles. The van der Waals surface area contributed by atoms with E-state index in [9.17, 15) is 15.0 Å². The number of carbonyl (C=O) groups excluding carboxylic acids is 1. The molecule has 0 heterocycles. The van der Waals surface area contributed by atoms with Crippen LogP contribution >= 0.6 is 0 Å². The Kier molecular flexibility index (Phi) is 18.6. The largest absolute Gasteiger partial charge is 0.436 e. The van der Waals surface area contributed by atoms with Gasteiger partial charge in [0.2, 0.25) is 6.29 Å². The Balaban J connectivity index is 3.32. The van der Waals surface area contributed by atoms with Crippen molar-refractivity contribution in [2.75, 3.05) is 6.61 Å². The van der Waals surface area contributed by atoms with Crippen molar-refractivity contribution in [2.45, 2.75) is 122 Å². The van der Waals surface area contributed by atoms with E-state index in [4.69, 9.17) is 9.84 Å². The quantitative estimate of drug-likeness (QED) is 0.176. The van der Waals surface area contributed by atoms with Crippen molar-refractivity contribution in [2.24, 2.45) is 0 Å². The smallest absolute Gasteiger partial charge is 0.308 e. The van der Waals surface area contributed by atoms with Crippen LogP contribution in [0, 0.1) is 0 Å². The average Bonchev–Trinajstić information content (AvgIpc) is 2.59. The van der Waals surface area contributed by atoms with E-state index in [0.717, 1.165) is 19.3 Å². The molecule has 0 aliphatic carbocycles. The summed E-state index contributed by atoms with van der Waals surface area (Å²) in [6.07, 6.45) is 14.6. The fourth-order valence-corrected chi connectivity index (χ4v) is 3.05. The Labute approximate surface area is 160 Å². The van der Waals surface area contributed by atoms with Crippen molar-refractivity contribution in [3.8, 4) is 0 Å². The number of rotatable bonds is 19. The second-order valence-electron chi connectivity index (χ2n) is 7.34. The number of hydrogen-bond acceptors (Lipinski definition) is 5. The van der Waals surface area contributed by atoms with E-state index in [-0.39, 0.29) is 19.4 Å². The zero-order valence-corrected chi connectivity index (χ0v) is 16.8. The Morgan fingerprint density at radius 2 is 1.27 bits per heavy atom. The van der Waals surface area contributed by atoms with E-state index in [0.29, 0.717) is 6.42 Å². The Morgan fingerprint density at radius 3 is 1.73 bits per heavy atom. The zero-order chi connectivity index (χ0) is 19.5. The molecule has 2 unspecified atom stereocenters. The highest BCUT2D eigenvalue weighted by Gasteiger charge is 2.15. The van der Waals surface area contributed by atoms with Crippen LogP contribution in [0.4, 0.5) is 0 Å². The molecule has 0 fully saturated rings. The topological polar surface area (TPSA) is 87.0 Å². The van der Waals surface area contributed by atoms with Gasteiger partial charge in [0.05, 0.1) is 6.10 Å². The van der Waals surface area contributed by atoms with Crippen molar-refractivity contribution >= 4 is 5.97 Å². The van der Waals surface area contributed by atoms with Gasteiger partial charge in [0.1, 0.15) is 0 Å². The van der Waals surface area contributed by atoms with Crippen molar-refractivity contribution in [3.63, 3.8) is 0 Å². The number of carbonyl (C=O) groups is 1. The summed E-state index contributed by atoms with van der Waals surface area (Å²) in [4.78, 5) is 11.6. The van der Waals surface area contributed by atoms with Crippen LogP contribution in [0.5, 0.6) is 0 Å². The molecule has 5 nitrogen and oxygen atoms in total. The van der Waals surface area contributed by atoms with Crippen LogP contribution < -0.4 is 0 Å². The first-order valence-electron chi connectivity index (χ1n) is 10.8. The Morgan fingerprint density at radius 1 is 0.808 bits per heavy atom. The van der Waals surface area contributed by atoms with Crippen LogP contribution in [0.1, 0.15) is 110 Å². The molecule has 5 heteroatoms. The predicted molar refractivity (Wildman–Crippen MR) is 105 cm³/mol. The SMILES string of the molecule is CCCCCCCCCCCCCCCC(=O)OC(O)CC(O)CCO. The fraction of sp³-hybridized carbons (Fsp3) is 0.952. The molecular formula is C21H42O5. The van der Waals surface area contributed by atoms with E-state index < -0.39 is 18.4 Å². The van der Waals surface area contributed by atoms with Gasteiger partial charge in [-0.1, -0.05) is 84.0 Å². The van der Waals surface area contributed by atoms with Crippen molar-refractivity contribution in [1.29, 1.82) is 0 Å². The summed E-state index contributed by atoms with van der Waals surface area (Å²) in [5, 5.41) is 27.6. The molecule has 156 valence electrons. The van der Waals surface area contributed by atoms with Crippen LogP contribution in [0.2, 0.25) is 0 Å². The number of unbranched alkanes of at least 4 members (excludes halogenated alkanes) is 12. The first kappa shape index (κ1) is 25.4. The molecule has 0 radical (unpaired) electrons. The summed E-state index contributed by atoms with van der Waals surface area (Å²) in [5.74, 6) is -0.420. The highest BCUT2D eigenvalue weighted by molar-refractivity contribution is 5.69. The minimum atomic E-state index is -1.29. The summed E-state index contributed by atoms with van der Waals surface area (Å²) in [7, 11) is 0. The summed E-state index contributed by atoms with van der Waals surface area (Å²) >= 11 is 0. The van der Waals surface area contributed by atoms with Gasteiger partial charge in [0.15, 0.2) is 0 Å². The number of ether oxygens (including phenoxy) is 1. The van der Waals surface area contributed by atoms with Gasteiger partial charge >= 0.3 is 5.97 Å². The standard InChI is InChI=1S/C21H42O5/c1-2-3-4-5-6-7-8-9-10-11-12-13-14-15-20(24)26-21(25)18-19(23)16-17-22/h19,21-23,25H,2-18H2,1H3. The molecule has 0 aliphatic heterocycles.